The maximum Gasteiger partial charge on any atom is 0.254 e. The second-order valence-corrected chi connectivity index (χ2v) is 5.61. The van der Waals surface area contributed by atoms with Gasteiger partial charge in [0.15, 0.2) is 0 Å². The molecular weight excluding hydrogens is 292 g/mol. The van der Waals surface area contributed by atoms with E-state index >= 15 is 0 Å². The maximum atomic E-state index is 12.6. The Bertz CT molecular complexity index is 769. The summed E-state index contributed by atoms with van der Waals surface area (Å²) in [6, 6.07) is 10.0. The highest BCUT2D eigenvalue weighted by atomic mass is 16.3. The van der Waals surface area contributed by atoms with Crippen LogP contribution in [0.2, 0.25) is 0 Å². The fraction of sp³-hybridized carbons (Fsp3) is 0.222. The Morgan fingerprint density at radius 2 is 1.83 bits per heavy atom. The summed E-state index contributed by atoms with van der Waals surface area (Å²) in [6.07, 6.45) is 0. The molecule has 0 aliphatic heterocycles. The lowest BCUT2D eigenvalue weighted by atomic mass is 10.0. The van der Waals surface area contributed by atoms with Crippen LogP contribution in [-0.4, -0.2) is 28.9 Å². The largest absolute Gasteiger partial charge is 0.508 e. The van der Waals surface area contributed by atoms with Crippen LogP contribution in [0.4, 0.5) is 0 Å². The van der Waals surface area contributed by atoms with E-state index in [-0.39, 0.29) is 11.7 Å². The second kappa shape index (κ2) is 6.52. The number of carbonyl (C=O) groups excluding carboxylic acids is 2. The predicted molar refractivity (Wildman–Crippen MR) is 88.3 cm³/mol. The molecule has 120 valence electrons. The minimum atomic E-state index is -0.495. The third-order valence-corrected chi connectivity index (χ3v) is 3.97. The molecule has 0 saturated heterocycles. The third-order valence-electron chi connectivity index (χ3n) is 3.97. The Hall–Kier alpha value is -2.82. The Balaban J connectivity index is 2.22. The van der Waals surface area contributed by atoms with Crippen molar-refractivity contribution in [3.8, 4) is 5.75 Å². The van der Waals surface area contributed by atoms with E-state index in [2.05, 4.69) is 0 Å². The quantitative estimate of drug-likeness (QED) is 0.909. The summed E-state index contributed by atoms with van der Waals surface area (Å²) in [5.74, 6) is -0.461. The number of nitrogens with two attached hydrogens (primary N) is 1. The lowest BCUT2D eigenvalue weighted by Gasteiger charge is -2.19. The molecule has 3 N–H and O–H groups in total. The topological polar surface area (TPSA) is 83.6 Å². The Morgan fingerprint density at radius 1 is 1.13 bits per heavy atom. The number of amides is 2. The zero-order valence-electron chi connectivity index (χ0n) is 13.5. The molecule has 2 aromatic rings. The van der Waals surface area contributed by atoms with Crippen LogP contribution < -0.4 is 5.73 Å². The van der Waals surface area contributed by atoms with Gasteiger partial charge in [-0.25, -0.2) is 0 Å². The first-order valence-electron chi connectivity index (χ1n) is 7.24. The summed E-state index contributed by atoms with van der Waals surface area (Å²) in [6.45, 7) is 3.95. The predicted octanol–water partition coefficient (Wildman–Crippen LogP) is 2.38. The van der Waals surface area contributed by atoms with E-state index in [1.807, 2.05) is 13.0 Å². The number of hydrogen-bond donors (Lipinski definition) is 2. The Kier molecular flexibility index (Phi) is 4.69. The van der Waals surface area contributed by atoms with Crippen LogP contribution in [-0.2, 0) is 6.54 Å². The molecule has 2 aromatic carbocycles. The van der Waals surface area contributed by atoms with Gasteiger partial charge in [0.25, 0.3) is 5.91 Å². The molecule has 0 aromatic heterocycles. The van der Waals surface area contributed by atoms with Gasteiger partial charge >= 0.3 is 0 Å². The van der Waals surface area contributed by atoms with E-state index in [1.165, 1.54) is 6.07 Å². The average molecular weight is 312 g/mol. The van der Waals surface area contributed by atoms with Crippen molar-refractivity contribution in [2.24, 2.45) is 5.73 Å². The molecule has 0 saturated carbocycles. The molecule has 0 unspecified atom stereocenters. The number of benzene rings is 2. The number of phenols is 1. The molecule has 0 spiro atoms. The van der Waals surface area contributed by atoms with Crippen molar-refractivity contribution in [1.82, 2.24) is 4.90 Å². The molecule has 23 heavy (non-hydrogen) atoms. The van der Waals surface area contributed by atoms with E-state index < -0.39 is 5.91 Å². The molecule has 0 heterocycles. The van der Waals surface area contributed by atoms with Gasteiger partial charge in [-0.15, -0.1) is 0 Å². The van der Waals surface area contributed by atoms with Gasteiger partial charge in [-0.05, 0) is 54.8 Å². The molecule has 0 bridgehead atoms. The molecule has 2 rings (SSSR count). The first kappa shape index (κ1) is 16.5. The molecule has 5 nitrogen and oxygen atoms in total. The molecule has 5 heteroatoms. The van der Waals surface area contributed by atoms with Gasteiger partial charge < -0.3 is 15.7 Å². The minimum absolute atomic E-state index is 0.143. The fourth-order valence-corrected chi connectivity index (χ4v) is 2.41. The summed E-state index contributed by atoms with van der Waals surface area (Å²) in [5, 5.41) is 9.69. The van der Waals surface area contributed by atoms with Gasteiger partial charge in [0.1, 0.15) is 5.75 Å². The van der Waals surface area contributed by atoms with Crippen molar-refractivity contribution in [2.75, 3.05) is 7.05 Å². The molecule has 0 aliphatic rings. The lowest BCUT2D eigenvalue weighted by Crippen LogP contribution is -2.27. The van der Waals surface area contributed by atoms with Crippen LogP contribution in [0.15, 0.2) is 36.4 Å². The summed E-state index contributed by atoms with van der Waals surface area (Å²) in [7, 11) is 1.70. The number of primary amides is 1. The van der Waals surface area contributed by atoms with Gasteiger partial charge in [-0.2, -0.15) is 0 Å². The van der Waals surface area contributed by atoms with Crippen LogP contribution in [0.5, 0.6) is 5.75 Å². The van der Waals surface area contributed by atoms with Crippen molar-refractivity contribution >= 4 is 11.8 Å². The van der Waals surface area contributed by atoms with Crippen molar-refractivity contribution in [1.29, 1.82) is 0 Å². The summed E-state index contributed by atoms with van der Waals surface area (Å²) in [5.41, 5.74) is 8.51. The van der Waals surface area contributed by atoms with Crippen LogP contribution in [0.3, 0.4) is 0 Å². The molecule has 0 atom stereocenters. The number of rotatable bonds is 4. The maximum absolute atomic E-state index is 12.6. The van der Waals surface area contributed by atoms with E-state index in [0.717, 1.165) is 11.1 Å². The zero-order valence-corrected chi connectivity index (χ0v) is 13.5. The highest BCUT2D eigenvalue weighted by Crippen LogP contribution is 2.24. The average Bonchev–Trinajstić information content (AvgIpc) is 2.52. The fourth-order valence-electron chi connectivity index (χ4n) is 2.41. The van der Waals surface area contributed by atoms with Crippen molar-refractivity contribution in [3.63, 3.8) is 0 Å². The van der Waals surface area contributed by atoms with Gasteiger partial charge in [0, 0.05) is 24.7 Å². The number of aromatic hydroxyl groups is 1. The van der Waals surface area contributed by atoms with Crippen LogP contribution >= 0.6 is 0 Å². The Labute approximate surface area is 135 Å². The van der Waals surface area contributed by atoms with E-state index in [4.69, 9.17) is 5.73 Å². The highest BCUT2D eigenvalue weighted by Gasteiger charge is 2.17. The van der Waals surface area contributed by atoms with Crippen LogP contribution in [0, 0.1) is 13.8 Å². The van der Waals surface area contributed by atoms with Gasteiger partial charge in [0.2, 0.25) is 5.91 Å². The third kappa shape index (κ3) is 3.51. The summed E-state index contributed by atoms with van der Waals surface area (Å²) < 4.78 is 0. The standard InChI is InChI=1S/C18H20N2O3/c1-11-12(2)16(21)8-7-15(11)18(23)20(3)10-13-5-4-6-14(9-13)17(19)22/h4-9,21H,10H2,1-3H3,(H2,19,22). The zero-order chi connectivity index (χ0) is 17.1. The van der Waals surface area contributed by atoms with E-state index in [1.54, 1.807) is 43.1 Å². The number of hydrogen-bond acceptors (Lipinski definition) is 3. The molecule has 0 aliphatic carbocycles. The molecule has 2 amide bonds. The second-order valence-electron chi connectivity index (χ2n) is 5.61. The normalized spacial score (nSPS) is 10.4. The van der Waals surface area contributed by atoms with Gasteiger partial charge in [-0.1, -0.05) is 12.1 Å². The summed E-state index contributed by atoms with van der Waals surface area (Å²) in [4.78, 5) is 25.4. The number of phenolic OH excluding ortho intramolecular Hbond substituents is 1. The van der Waals surface area contributed by atoms with Crippen LogP contribution in [0.25, 0.3) is 0 Å². The Morgan fingerprint density at radius 3 is 2.48 bits per heavy atom. The summed E-state index contributed by atoms with van der Waals surface area (Å²) >= 11 is 0. The van der Waals surface area contributed by atoms with Crippen molar-refractivity contribution in [3.05, 3.63) is 64.2 Å². The molecular formula is C18H20N2O3. The van der Waals surface area contributed by atoms with Crippen molar-refractivity contribution < 1.29 is 14.7 Å². The van der Waals surface area contributed by atoms with Gasteiger partial charge in [-0.3, -0.25) is 9.59 Å². The van der Waals surface area contributed by atoms with E-state index in [9.17, 15) is 14.7 Å². The van der Waals surface area contributed by atoms with Crippen LogP contribution in [0.1, 0.15) is 37.4 Å². The number of nitrogens with zero attached hydrogens (tertiary/aromatic N) is 1. The molecule has 0 radical (unpaired) electrons. The monoisotopic (exact) mass is 312 g/mol. The molecule has 0 fully saturated rings. The first-order chi connectivity index (χ1) is 10.8. The minimum Gasteiger partial charge on any atom is -0.508 e. The SMILES string of the molecule is Cc1c(O)ccc(C(=O)N(C)Cc2cccc(C(N)=O)c2)c1C. The van der Waals surface area contributed by atoms with E-state index in [0.29, 0.717) is 23.2 Å². The number of carbonyl (C=O) groups is 2. The highest BCUT2D eigenvalue weighted by molar-refractivity contribution is 5.96. The lowest BCUT2D eigenvalue weighted by molar-refractivity contribution is 0.0784. The first-order valence-corrected chi connectivity index (χ1v) is 7.24. The smallest absolute Gasteiger partial charge is 0.254 e. The van der Waals surface area contributed by atoms with Gasteiger partial charge in [0.05, 0.1) is 0 Å². The van der Waals surface area contributed by atoms with Crippen molar-refractivity contribution in [2.45, 2.75) is 20.4 Å².